The number of nitrogens with two attached hydrogens (primary N) is 1. The second-order valence-electron chi connectivity index (χ2n) is 3.96. The minimum Gasteiger partial charge on any atom is -0.271 e. The predicted octanol–water partition coefficient (Wildman–Crippen LogP) is 2.24. The first kappa shape index (κ1) is 11.3. The molecule has 18 heavy (non-hydrogen) atoms. The maximum Gasteiger partial charge on any atom is 0.0910 e. The minimum absolute atomic E-state index is 0.130. The number of hydrogen-bond donors (Lipinski definition) is 2. The van der Waals surface area contributed by atoms with Crippen molar-refractivity contribution in [1.82, 2.24) is 15.4 Å². The van der Waals surface area contributed by atoms with Crippen molar-refractivity contribution in [2.75, 3.05) is 0 Å². The molecule has 90 valence electrons. The SMILES string of the molecule is NNC(c1cscn1)c1cncc2ccccc12. The zero-order valence-corrected chi connectivity index (χ0v) is 10.4. The number of benzene rings is 1. The molecule has 1 unspecified atom stereocenters. The number of hydrazine groups is 1. The van der Waals surface area contributed by atoms with Crippen LogP contribution in [-0.4, -0.2) is 9.97 Å². The van der Waals surface area contributed by atoms with Crippen molar-refractivity contribution in [3.05, 3.63) is 58.8 Å². The lowest BCUT2D eigenvalue weighted by molar-refractivity contribution is 0.626. The summed E-state index contributed by atoms with van der Waals surface area (Å²) in [4.78, 5) is 8.59. The van der Waals surface area contributed by atoms with E-state index in [1.807, 2.05) is 36.0 Å². The normalized spacial score (nSPS) is 12.7. The summed E-state index contributed by atoms with van der Waals surface area (Å²) in [6.07, 6.45) is 3.69. The fourth-order valence-electron chi connectivity index (χ4n) is 2.07. The summed E-state index contributed by atoms with van der Waals surface area (Å²) in [5, 5.41) is 4.24. The van der Waals surface area contributed by atoms with Crippen molar-refractivity contribution in [2.24, 2.45) is 5.84 Å². The number of nitrogens with one attached hydrogen (secondary N) is 1. The van der Waals surface area contributed by atoms with Gasteiger partial charge in [-0.1, -0.05) is 24.3 Å². The van der Waals surface area contributed by atoms with E-state index in [-0.39, 0.29) is 6.04 Å². The van der Waals surface area contributed by atoms with Crippen molar-refractivity contribution in [2.45, 2.75) is 6.04 Å². The Labute approximate surface area is 108 Å². The number of rotatable bonds is 3. The molecule has 3 rings (SSSR count). The van der Waals surface area contributed by atoms with E-state index < -0.39 is 0 Å². The van der Waals surface area contributed by atoms with E-state index in [0.717, 1.165) is 22.0 Å². The molecule has 5 heteroatoms. The van der Waals surface area contributed by atoms with Crippen LogP contribution in [0.2, 0.25) is 0 Å². The van der Waals surface area contributed by atoms with Crippen LogP contribution in [0.1, 0.15) is 17.3 Å². The van der Waals surface area contributed by atoms with Crippen molar-refractivity contribution in [1.29, 1.82) is 0 Å². The third-order valence-electron chi connectivity index (χ3n) is 2.92. The Hall–Kier alpha value is -1.82. The van der Waals surface area contributed by atoms with Gasteiger partial charge in [-0.25, -0.2) is 10.4 Å². The number of aromatic nitrogens is 2. The number of pyridine rings is 1. The maximum absolute atomic E-state index is 5.67. The Morgan fingerprint density at radius 2 is 2.11 bits per heavy atom. The fourth-order valence-corrected chi connectivity index (χ4v) is 2.65. The summed E-state index contributed by atoms with van der Waals surface area (Å²) >= 11 is 1.56. The predicted molar refractivity (Wildman–Crippen MR) is 73.0 cm³/mol. The van der Waals surface area contributed by atoms with Gasteiger partial charge in [-0.3, -0.25) is 10.8 Å². The molecule has 0 aliphatic rings. The molecule has 3 aromatic rings. The highest BCUT2D eigenvalue weighted by molar-refractivity contribution is 7.07. The lowest BCUT2D eigenvalue weighted by Gasteiger charge is -2.15. The van der Waals surface area contributed by atoms with E-state index in [9.17, 15) is 0 Å². The van der Waals surface area contributed by atoms with Gasteiger partial charge >= 0.3 is 0 Å². The second-order valence-corrected chi connectivity index (χ2v) is 4.68. The molecule has 4 nitrogen and oxygen atoms in total. The molecular weight excluding hydrogens is 244 g/mol. The highest BCUT2D eigenvalue weighted by Gasteiger charge is 2.17. The second kappa shape index (κ2) is 4.81. The summed E-state index contributed by atoms with van der Waals surface area (Å²) in [7, 11) is 0. The van der Waals surface area contributed by atoms with Crippen LogP contribution in [-0.2, 0) is 0 Å². The van der Waals surface area contributed by atoms with E-state index in [1.54, 1.807) is 16.8 Å². The molecule has 0 fully saturated rings. The van der Waals surface area contributed by atoms with Gasteiger partial charge in [0, 0.05) is 28.7 Å². The average Bonchev–Trinajstić information content (AvgIpc) is 2.94. The third-order valence-corrected chi connectivity index (χ3v) is 3.53. The van der Waals surface area contributed by atoms with E-state index in [2.05, 4.69) is 21.5 Å². The molecule has 0 aliphatic heterocycles. The fraction of sp³-hybridized carbons (Fsp3) is 0.0769. The van der Waals surface area contributed by atoms with Gasteiger partial charge in [0.1, 0.15) is 0 Å². The van der Waals surface area contributed by atoms with Crippen LogP contribution in [0.15, 0.2) is 47.5 Å². The summed E-state index contributed by atoms with van der Waals surface area (Å²) in [6.45, 7) is 0. The summed E-state index contributed by atoms with van der Waals surface area (Å²) in [6, 6.07) is 8.00. The molecular formula is C13H12N4S. The lowest BCUT2D eigenvalue weighted by atomic mass is 10.0. The van der Waals surface area contributed by atoms with Gasteiger partial charge in [0.15, 0.2) is 0 Å². The number of thiazole rings is 1. The number of fused-ring (bicyclic) bond motifs is 1. The zero-order chi connectivity index (χ0) is 12.4. The first-order valence-corrected chi connectivity index (χ1v) is 6.51. The monoisotopic (exact) mass is 256 g/mol. The van der Waals surface area contributed by atoms with Crippen LogP contribution in [0.5, 0.6) is 0 Å². The summed E-state index contributed by atoms with van der Waals surface area (Å²) in [5.41, 5.74) is 6.58. The first-order chi connectivity index (χ1) is 8.90. The van der Waals surface area contributed by atoms with Gasteiger partial charge in [0.25, 0.3) is 0 Å². The molecule has 1 atom stereocenters. The van der Waals surface area contributed by atoms with Crippen molar-refractivity contribution in [3.8, 4) is 0 Å². The van der Waals surface area contributed by atoms with Gasteiger partial charge in [0.2, 0.25) is 0 Å². The molecule has 2 heterocycles. The molecule has 0 bridgehead atoms. The Kier molecular flexibility index (Phi) is 3.02. The summed E-state index contributed by atoms with van der Waals surface area (Å²) < 4.78 is 0. The third kappa shape index (κ3) is 1.88. The Morgan fingerprint density at radius 1 is 1.22 bits per heavy atom. The largest absolute Gasteiger partial charge is 0.271 e. The zero-order valence-electron chi connectivity index (χ0n) is 9.58. The first-order valence-electron chi connectivity index (χ1n) is 5.57. The Morgan fingerprint density at radius 3 is 2.89 bits per heavy atom. The van der Waals surface area contributed by atoms with Crippen molar-refractivity contribution >= 4 is 22.1 Å². The molecule has 2 aromatic heterocycles. The maximum atomic E-state index is 5.67. The van der Waals surface area contributed by atoms with Gasteiger partial charge in [-0.2, -0.15) is 0 Å². The van der Waals surface area contributed by atoms with Gasteiger partial charge in [0.05, 0.1) is 17.2 Å². The standard InChI is InChI=1S/C13H12N4S/c14-17-13(12-7-18-8-16-12)11-6-15-5-9-3-1-2-4-10(9)11/h1-8,13,17H,14H2. The molecule has 0 aliphatic carbocycles. The highest BCUT2D eigenvalue weighted by Crippen LogP contribution is 2.27. The number of nitrogens with zero attached hydrogens (tertiary/aromatic N) is 2. The smallest absolute Gasteiger partial charge is 0.0910 e. The van der Waals surface area contributed by atoms with E-state index in [4.69, 9.17) is 5.84 Å². The van der Waals surface area contributed by atoms with Crippen molar-refractivity contribution in [3.63, 3.8) is 0 Å². The van der Waals surface area contributed by atoms with Crippen LogP contribution in [0.25, 0.3) is 10.8 Å². The van der Waals surface area contributed by atoms with Gasteiger partial charge in [-0.15, -0.1) is 11.3 Å². The molecule has 0 saturated heterocycles. The highest BCUT2D eigenvalue weighted by atomic mass is 32.1. The molecule has 3 N–H and O–H groups in total. The van der Waals surface area contributed by atoms with E-state index in [0.29, 0.717) is 0 Å². The lowest BCUT2D eigenvalue weighted by Crippen LogP contribution is -2.29. The molecule has 0 amide bonds. The molecule has 0 saturated carbocycles. The van der Waals surface area contributed by atoms with Crippen LogP contribution in [0.4, 0.5) is 0 Å². The Balaban J connectivity index is 2.18. The van der Waals surface area contributed by atoms with Crippen LogP contribution < -0.4 is 11.3 Å². The van der Waals surface area contributed by atoms with Gasteiger partial charge in [-0.05, 0) is 5.39 Å². The molecule has 0 spiro atoms. The minimum atomic E-state index is -0.130. The van der Waals surface area contributed by atoms with E-state index in [1.165, 1.54) is 0 Å². The quantitative estimate of drug-likeness (QED) is 0.557. The van der Waals surface area contributed by atoms with Crippen LogP contribution in [0.3, 0.4) is 0 Å². The van der Waals surface area contributed by atoms with Crippen LogP contribution in [0, 0.1) is 0 Å². The average molecular weight is 256 g/mol. The topological polar surface area (TPSA) is 63.8 Å². The van der Waals surface area contributed by atoms with Gasteiger partial charge < -0.3 is 0 Å². The molecule has 0 radical (unpaired) electrons. The van der Waals surface area contributed by atoms with Crippen LogP contribution >= 0.6 is 11.3 Å². The van der Waals surface area contributed by atoms with Crippen molar-refractivity contribution < 1.29 is 0 Å². The Bertz CT molecular complexity index is 646. The van der Waals surface area contributed by atoms with E-state index >= 15 is 0 Å². The summed E-state index contributed by atoms with van der Waals surface area (Å²) in [5.74, 6) is 5.67. The number of hydrogen-bond acceptors (Lipinski definition) is 5. The molecule has 1 aromatic carbocycles.